The van der Waals surface area contributed by atoms with Crippen molar-refractivity contribution in [2.75, 3.05) is 0 Å². The molecule has 0 saturated heterocycles. The van der Waals surface area contributed by atoms with E-state index in [1.807, 2.05) is 0 Å². The molecule has 0 heterocycles. The molecule has 0 nitrogen and oxygen atoms in total. The van der Waals surface area contributed by atoms with Gasteiger partial charge in [-0.3, -0.25) is 0 Å². The van der Waals surface area contributed by atoms with Gasteiger partial charge in [0.15, 0.2) is 0 Å². The first-order valence-electron chi connectivity index (χ1n) is 7.92. The van der Waals surface area contributed by atoms with Gasteiger partial charge in [-0.1, -0.05) is 32.1 Å². The maximum atomic E-state index is 1.64. The maximum absolute atomic E-state index is 1.64. The lowest BCUT2D eigenvalue weighted by Gasteiger charge is -2.25. The zero-order chi connectivity index (χ0) is 10.5. The van der Waals surface area contributed by atoms with Crippen molar-refractivity contribution < 1.29 is 0 Å². The third-order valence-corrected chi connectivity index (χ3v) is 6.77. The highest BCUT2D eigenvalue weighted by atomic mass is 14.5. The van der Waals surface area contributed by atoms with Crippen LogP contribution < -0.4 is 0 Å². The molecule has 4 rings (SSSR count). The molecule has 0 amide bonds. The molecular weight excluding hydrogens is 192 g/mol. The quantitative estimate of drug-likeness (QED) is 0.601. The fourth-order valence-electron chi connectivity index (χ4n) is 6.15. The lowest BCUT2D eigenvalue weighted by atomic mass is 9.80. The molecule has 4 fully saturated rings. The third kappa shape index (κ3) is 1.41. The van der Waals surface area contributed by atoms with E-state index in [2.05, 4.69) is 0 Å². The van der Waals surface area contributed by atoms with Gasteiger partial charge in [0.05, 0.1) is 0 Å². The van der Waals surface area contributed by atoms with E-state index in [4.69, 9.17) is 0 Å². The predicted octanol–water partition coefficient (Wildman–Crippen LogP) is 4.64. The summed E-state index contributed by atoms with van der Waals surface area (Å²) < 4.78 is 0. The van der Waals surface area contributed by atoms with Crippen LogP contribution in [0.4, 0.5) is 0 Å². The highest BCUT2D eigenvalue weighted by Gasteiger charge is 2.47. The third-order valence-electron chi connectivity index (χ3n) is 6.77. The fraction of sp³-hybridized carbons (Fsp3) is 1.00. The first-order chi connectivity index (χ1) is 7.92. The lowest BCUT2D eigenvalue weighted by Crippen LogP contribution is -2.18. The number of fused-ring (bicyclic) bond motifs is 2. The van der Waals surface area contributed by atoms with Crippen molar-refractivity contribution in [2.45, 2.75) is 64.2 Å². The summed E-state index contributed by atoms with van der Waals surface area (Å²) in [6, 6.07) is 0. The summed E-state index contributed by atoms with van der Waals surface area (Å²) in [4.78, 5) is 0. The number of hydrogen-bond acceptors (Lipinski definition) is 0. The van der Waals surface area contributed by atoms with Crippen LogP contribution in [0, 0.1) is 35.5 Å². The molecule has 5 unspecified atom stereocenters. The zero-order valence-corrected chi connectivity index (χ0v) is 10.5. The second-order valence-electron chi connectivity index (χ2n) is 7.28. The summed E-state index contributed by atoms with van der Waals surface area (Å²) in [5.41, 5.74) is 0. The van der Waals surface area contributed by atoms with E-state index in [0.29, 0.717) is 0 Å². The zero-order valence-electron chi connectivity index (χ0n) is 10.5. The Hall–Kier alpha value is 0. The maximum Gasteiger partial charge on any atom is -0.0354 e. The molecule has 16 heavy (non-hydrogen) atoms. The largest absolute Gasteiger partial charge is 0.0528 e. The van der Waals surface area contributed by atoms with Crippen LogP contribution in [0.2, 0.25) is 0 Å². The van der Waals surface area contributed by atoms with Crippen LogP contribution in [0.5, 0.6) is 0 Å². The van der Waals surface area contributed by atoms with Crippen LogP contribution in [0.3, 0.4) is 0 Å². The molecule has 4 saturated carbocycles. The Balaban J connectivity index is 1.47. The Bertz CT molecular complexity index is 257. The topological polar surface area (TPSA) is 0 Å². The summed E-state index contributed by atoms with van der Waals surface area (Å²) in [5.74, 6) is 7.05. The fourth-order valence-corrected chi connectivity index (χ4v) is 6.15. The van der Waals surface area contributed by atoms with E-state index in [1.54, 1.807) is 64.2 Å². The molecule has 0 heteroatoms. The molecule has 0 aromatic rings. The van der Waals surface area contributed by atoms with E-state index < -0.39 is 0 Å². The monoisotopic (exact) mass is 218 g/mol. The number of rotatable bonds is 1. The van der Waals surface area contributed by atoms with Crippen LogP contribution in [0.1, 0.15) is 64.2 Å². The van der Waals surface area contributed by atoms with Crippen molar-refractivity contribution in [2.24, 2.45) is 35.5 Å². The predicted molar refractivity (Wildman–Crippen MR) is 67.1 cm³/mol. The Labute approximate surface area is 100 Å². The van der Waals surface area contributed by atoms with Gasteiger partial charge < -0.3 is 0 Å². The summed E-state index contributed by atoms with van der Waals surface area (Å²) in [7, 11) is 0. The van der Waals surface area contributed by atoms with Crippen LogP contribution in [0.25, 0.3) is 0 Å². The van der Waals surface area contributed by atoms with Gasteiger partial charge in [-0.2, -0.15) is 0 Å². The molecule has 5 atom stereocenters. The average Bonchev–Trinajstić information content (AvgIpc) is 2.95. The molecule has 0 aliphatic heterocycles. The Kier molecular flexibility index (Phi) is 2.34. The normalized spacial score (nSPS) is 55.5. The average molecular weight is 218 g/mol. The first-order valence-corrected chi connectivity index (χ1v) is 7.92. The van der Waals surface area contributed by atoms with Gasteiger partial charge in [-0.25, -0.2) is 0 Å². The van der Waals surface area contributed by atoms with Crippen LogP contribution in [-0.4, -0.2) is 0 Å². The molecule has 0 spiro atoms. The summed E-state index contributed by atoms with van der Waals surface area (Å²) in [6.45, 7) is 0. The van der Waals surface area contributed by atoms with Gasteiger partial charge in [-0.15, -0.1) is 0 Å². The first kappa shape index (κ1) is 9.97. The van der Waals surface area contributed by atoms with E-state index >= 15 is 0 Å². The summed E-state index contributed by atoms with van der Waals surface area (Å²) in [5, 5.41) is 0. The highest BCUT2D eigenvalue weighted by molar-refractivity contribution is 4.97. The van der Waals surface area contributed by atoms with E-state index in [9.17, 15) is 0 Å². The van der Waals surface area contributed by atoms with Crippen LogP contribution >= 0.6 is 0 Å². The molecule has 4 aliphatic carbocycles. The van der Waals surface area contributed by atoms with Crippen LogP contribution in [-0.2, 0) is 0 Å². The van der Waals surface area contributed by atoms with Crippen LogP contribution in [0.15, 0.2) is 0 Å². The second kappa shape index (κ2) is 3.75. The van der Waals surface area contributed by atoms with E-state index in [-0.39, 0.29) is 0 Å². The molecule has 0 bridgehead atoms. The minimum Gasteiger partial charge on any atom is -0.0528 e. The van der Waals surface area contributed by atoms with Gasteiger partial charge in [0, 0.05) is 0 Å². The number of hydrogen-bond donors (Lipinski definition) is 0. The Morgan fingerprint density at radius 2 is 1.06 bits per heavy atom. The molecule has 0 N–H and O–H groups in total. The minimum atomic E-state index is 1.17. The van der Waals surface area contributed by atoms with Crippen molar-refractivity contribution in [3.05, 3.63) is 0 Å². The minimum absolute atomic E-state index is 1.17. The van der Waals surface area contributed by atoms with Gasteiger partial charge in [0.1, 0.15) is 0 Å². The lowest BCUT2D eigenvalue weighted by molar-refractivity contribution is 0.238. The molecule has 90 valence electrons. The standard InChI is InChI=1S/C16H26/c1-4-12-9-14(10-13(12)5-1)16-8-7-11-3-2-6-15(11)16/h11-16H,1-10H2. The Morgan fingerprint density at radius 1 is 0.438 bits per heavy atom. The van der Waals surface area contributed by atoms with Gasteiger partial charge in [0.25, 0.3) is 0 Å². The molecule has 4 aliphatic rings. The Morgan fingerprint density at radius 3 is 1.88 bits per heavy atom. The van der Waals surface area contributed by atoms with Crippen molar-refractivity contribution >= 4 is 0 Å². The van der Waals surface area contributed by atoms with E-state index in [1.165, 1.54) is 35.5 Å². The summed E-state index contributed by atoms with van der Waals surface area (Å²) in [6.07, 6.45) is 16.0. The molecular formula is C16H26. The smallest absolute Gasteiger partial charge is 0.0354 e. The SMILES string of the molecule is C1CC2CC(C3CCC4CCCC43)CC2C1. The van der Waals surface area contributed by atoms with Crippen molar-refractivity contribution in [3.8, 4) is 0 Å². The van der Waals surface area contributed by atoms with Crippen molar-refractivity contribution in [3.63, 3.8) is 0 Å². The summed E-state index contributed by atoms with van der Waals surface area (Å²) >= 11 is 0. The van der Waals surface area contributed by atoms with Crippen molar-refractivity contribution in [1.29, 1.82) is 0 Å². The molecule has 0 aromatic heterocycles. The molecule has 0 radical (unpaired) electrons. The molecule has 0 aromatic carbocycles. The van der Waals surface area contributed by atoms with Crippen molar-refractivity contribution in [1.82, 2.24) is 0 Å². The van der Waals surface area contributed by atoms with Gasteiger partial charge >= 0.3 is 0 Å². The highest BCUT2D eigenvalue weighted by Crippen LogP contribution is 2.57. The van der Waals surface area contributed by atoms with Gasteiger partial charge in [-0.05, 0) is 67.6 Å². The van der Waals surface area contributed by atoms with E-state index in [0.717, 1.165) is 0 Å². The second-order valence-corrected chi connectivity index (χ2v) is 7.28. The van der Waals surface area contributed by atoms with Gasteiger partial charge in [0.2, 0.25) is 0 Å².